The SMILES string of the molecule is COc1ccc(CN2CCC[C@](O)(COc3cc(C)c(Cl)c(C)c3)C2)cc1OCCn1ccnc1C. The zero-order chi connectivity index (χ0) is 25.7. The van der Waals surface area contributed by atoms with Crippen LogP contribution >= 0.6 is 11.6 Å². The number of aryl methyl sites for hydroxylation is 3. The molecule has 2 aromatic carbocycles. The molecule has 1 aliphatic rings. The van der Waals surface area contributed by atoms with Gasteiger partial charge in [0.15, 0.2) is 11.5 Å². The number of rotatable bonds is 10. The minimum absolute atomic E-state index is 0.245. The molecule has 0 spiro atoms. The molecule has 0 unspecified atom stereocenters. The first-order chi connectivity index (χ1) is 17.3. The molecular formula is C28H36ClN3O4. The van der Waals surface area contributed by atoms with E-state index in [0.29, 0.717) is 38.4 Å². The molecule has 2 heterocycles. The summed E-state index contributed by atoms with van der Waals surface area (Å²) in [6.45, 7) is 9.55. The number of piperidine rings is 1. The van der Waals surface area contributed by atoms with Gasteiger partial charge in [-0.15, -0.1) is 0 Å². The fourth-order valence-electron chi connectivity index (χ4n) is 4.75. The third-order valence-electron chi connectivity index (χ3n) is 6.70. The number of hydrogen-bond donors (Lipinski definition) is 1. The summed E-state index contributed by atoms with van der Waals surface area (Å²) in [5.41, 5.74) is 2.15. The lowest BCUT2D eigenvalue weighted by Crippen LogP contribution is -2.51. The Bertz CT molecular complexity index is 1160. The van der Waals surface area contributed by atoms with Crippen molar-refractivity contribution in [1.29, 1.82) is 0 Å². The highest BCUT2D eigenvalue weighted by molar-refractivity contribution is 6.32. The van der Waals surface area contributed by atoms with Crippen molar-refractivity contribution in [2.24, 2.45) is 0 Å². The van der Waals surface area contributed by atoms with Crippen LogP contribution in [-0.4, -0.2) is 58.6 Å². The third-order valence-corrected chi connectivity index (χ3v) is 7.30. The molecule has 0 saturated carbocycles. The minimum atomic E-state index is -0.909. The van der Waals surface area contributed by atoms with Gasteiger partial charge in [0, 0.05) is 30.5 Å². The molecule has 1 saturated heterocycles. The minimum Gasteiger partial charge on any atom is -0.493 e. The first-order valence-electron chi connectivity index (χ1n) is 12.4. The van der Waals surface area contributed by atoms with E-state index in [0.717, 1.165) is 52.0 Å². The molecule has 8 heteroatoms. The average Bonchev–Trinajstić information content (AvgIpc) is 3.26. The van der Waals surface area contributed by atoms with E-state index >= 15 is 0 Å². The first kappa shape index (κ1) is 26.3. The number of aliphatic hydroxyl groups is 1. The van der Waals surface area contributed by atoms with Gasteiger partial charge in [-0.05, 0) is 81.1 Å². The van der Waals surface area contributed by atoms with Crippen LogP contribution in [-0.2, 0) is 13.1 Å². The van der Waals surface area contributed by atoms with Gasteiger partial charge in [-0.25, -0.2) is 4.98 Å². The summed E-state index contributed by atoms with van der Waals surface area (Å²) in [5.74, 6) is 3.13. The Morgan fingerprint density at radius 1 is 1.08 bits per heavy atom. The molecular weight excluding hydrogens is 478 g/mol. The maximum Gasteiger partial charge on any atom is 0.161 e. The molecule has 7 nitrogen and oxygen atoms in total. The second kappa shape index (κ2) is 11.5. The van der Waals surface area contributed by atoms with Crippen molar-refractivity contribution >= 4 is 11.6 Å². The summed E-state index contributed by atoms with van der Waals surface area (Å²) in [6, 6.07) is 9.87. The highest BCUT2D eigenvalue weighted by Crippen LogP contribution is 2.31. The van der Waals surface area contributed by atoms with Crippen LogP contribution in [0.1, 0.15) is 35.4 Å². The average molecular weight is 514 g/mol. The van der Waals surface area contributed by atoms with Gasteiger partial charge >= 0.3 is 0 Å². The van der Waals surface area contributed by atoms with Crippen molar-refractivity contribution in [2.45, 2.75) is 52.3 Å². The smallest absolute Gasteiger partial charge is 0.161 e. The zero-order valence-corrected chi connectivity index (χ0v) is 22.3. The van der Waals surface area contributed by atoms with E-state index in [1.807, 2.05) is 51.2 Å². The molecule has 194 valence electrons. The number of methoxy groups -OCH3 is 1. The molecule has 0 radical (unpaired) electrons. The molecule has 0 amide bonds. The summed E-state index contributed by atoms with van der Waals surface area (Å²) < 4.78 is 19.7. The van der Waals surface area contributed by atoms with Crippen LogP contribution in [0.5, 0.6) is 17.2 Å². The van der Waals surface area contributed by atoms with Crippen LogP contribution in [0.2, 0.25) is 5.02 Å². The Morgan fingerprint density at radius 2 is 1.86 bits per heavy atom. The number of likely N-dealkylation sites (tertiary alicyclic amines) is 1. The van der Waals surface area contributed by atoms with Gasteiger partial charge < -0.3 is 23.9 Å². The molecule has 36 heavy (non-hydrogen) atoms. The molecule has 4 rings (SSSR count). The quantitative estimate of drug-likeness (QED) is 0.413. The molecule has 1 aromatic heterocycles. The number of β-amino-alcohol motifs (C(OH)–C–C–N with tert-alkyl or cyclic N) is 1. The number of hydrogen-bond acceptors (Lipinski definition) is 6. The standard InChI is InChI=1S/C28H36ClN3O4/c1-20-14-24(15-21(2)27(20)29)36-19-28(33)8-5-10-31(18-28)17-23-6-7-25(34-4)26(16-23)35-13-12-32-11-9-30-22(32)3/h6-7,9,11,14-16,33H,5,8,10,12-13,17-19H2,1-4H3/t28-/m1/s1. The number of benzene rings is 2. The lowest BCUT2D eigenvalue weighted by Gasteiger charge is -2.39. The molecule has 1 fully saturated rings. The van der Waals surface area contributed by atoms with E-state index in [-0.39, 0.29) is 6.61 Å². The lowest BCUT2D eigenvalue weighted by atomic mass is 9.93. The van der Waals surface area contributed by atoms with E-state index in [9.17, 15) is 5.11 Å². The van der Waals surface area contributed by atoms with Crippen molar-refractivity contribution in [3.63, 3.8) is 0 Å². The summed E-state index contributed by atoms with van der Waals surface area (Å²) in [7, 11) is 1.65. The van der Waals surface area contributed by atoms with Crippen LogP contribution in [0.4, 0.5) is 0 Å². The second-order valence-corrected chi connectivity index (χ2v) is 10.1. The normalized spacial score (nSPS) is 18.3. The van der Waals surface area contributed by atoms with Crippen LogP contribution in [0.15, 0.2) is 42.7 Å². The molecule has 1 atom stereocenters. The highest BCUT2D eigenvalue weighted by atomic mass is 35.5. The van der Waals surface area contributed by atoms with Crippen molar-refractivity contribution < 1.29 is 19.3 Å². The third kappa shape index (κ3) is 6.52. The summed E-state index contributed by atoms with van der Waals surface area (Å²) >= 11 is 6.28. The Hall–Kier alpha value is -2.74. The van der Waals surface area contributed by atoms with Crippen LogP contribution in [0.3, 0.4) is 0 Å². The molecule has 1 N–H and O–H groups in total. The highest BCUT2D eigenvalue weighted by Gasteiger charge is 2.34. The maximum absolute atomic E-state index is 11.3. The monoisotopic (exact) mass is 513 g/mol. The van der Waals surface area contributed by atoms with Gasteiger partial charge in [-0.2, -0.15) is 0 Å². The van der Waals surface area contributed by atoms with E-state index < -0.39 is 5.60 Å². The van der Waals surface area contributed by atoms with Gasteiger partial charge in [-0.1, -0.05) is 17.7 Å². The predicted molar refractivity (Wildman–Crippen MR) is 141 cm³/mol. The van der Waals surface area contributed by atoms with Gasteiger partial charge in [0.1, 0.15) is 30.4 Å². The molecule has 1 aliphatic heterocycles. The van der Waals surface area contributed by atoms with Crippen molar-refractivity contribution in [1.82, 2.24) is 14.5 Å². The lowest BCUT2D eigenvalue weighted by molar-refractivity contribution is -0.0621. The largest absolute Gasteiger partial charge is 0.493 e. The van der Waals surface area contributed by atoms with Crippen molar-refractivity contribution in [3.8, 4) is 17.2 Å². The van der Waals surface area contributed by atoms with Crippen LogP contribution in [0, 0.1) is 20.8 Å². The molecule has 0 aliphatic carbocycles. The van der Waals surface area contributed by atoms with Crippen LogP contribution < -0.4 is 14.2 Å². The predicted octanol–water partition coefficient (Wildman–Crippen LogP) is 4.96. The fraction of sp³-hybridized carbons (Fsp3) is 0.464. The second-order valence-electron chi connectivity index (χ2n) is 9.70. The number of nitrogens with zero attached hydrogens (tertiary/aromatic N) is 3. The van der Waals surface area contributed by atoms with E-state index in [1.165, 1.54) is 0 Å². The Kier molecular flexibility index (Phi) is 8.44. The van der Waals surface area contributed by atoms with Crippen LogP contribution in [0.25, 0.3) is 0 Å². The topological polar surface area (TPSA) is 69.0 Å². The summed E-state index contributed by atoms with van der Waals surface area (Å²) in [6.07, 6.45) is 5.35. The molecule has 0 bridgehead atoms. The van der Waals surface area contributed by atoms with Crippen molar-refractivity contribution in [3.05, 3.63) is 70.3 Å². The number of aromatic nitrogens is 2. The Labute approximate surface area is 218 Å². The van der Waals surface area contributed by atoms with E-state index in [4.69, 9.17) is 25.8 Å². The van der Waals surface area contributed by atoms with Gasteiger partial charge in [0.25, 0.3) is 0 Å². The summed E-state index contributed by atoms with van der Waals surface area (Å²) in [4.78, 5) is 6.52. The van der Waals surface area contributed by atoms with Gasteiger partial charge in [0.2, 0.25) is 0 Å². The maximum atomic E-state index is 11.3. The van der Waals surface area contributed by atoms with E-state index in [2.05, 4.69) is 20.5 Å². The van der Waals surface area contributed by atoms with Gasteiger partial charge in [0.05, 0.1) is 13.7 Å². The zero-order valence-electron chi connectivity index (χ0n) is 21.6. The fourth-order valence-corrected chi connectivity index (χ4v) is 4.86. The van der Waals surface area contributed by atoms with Crippen molar-refractivity contribution in [2.75, 3.05) is 33.4 Å². The Morgan fingerprint density at radius 3 is 2.56 bits per heavy atom. The van der Waals surface area contributed by atoms with Gasteiger partial charge in [-0.3, -0.25) is 4.90 Å². The number of imidazole rings is 1. The first-order valence-corrected chi connectivity index (χ1v) is 12.8. The van der Waals surface area contributed by atoms with E-state index in [1.54, 1.807) is 13.3 Å². The number of ether oxygens (including phenoxy) is 3. The summed E-state index contributed by atoms with van der Waals surface area (Å²) in [5, 5.41) is 12.0. The number of halogens is 1. The molecule has 3 aromatic rings. The Balaban J connectivity index is 1.36.